The number of carbonyl (C=O) groups excluding carboxylic acids is 2. The second-order valence-electron chi connectivity index (χ2n) is 7.02. The zero-order valence-corrected chi connectivity index (χ0v) is 16.1. The maximum Gasteiger partial charge on any atom is 0.220 e. The highest BCUT2D eigenvalue weighted by molar-refractivity contribution is 6.13. The second kappa shape index (κ2) is 7.76. The summed E-state index contributed by atoms with van der Waals surface area (Å²) >= 11 is 0. The first-order valence-electron chi connectivity index (χ1n) is 9.51. The van der Waals surface area contributed by atoms with Crippen molar-refractivity contribution >= 4 is 17.4 Å². The van der Waals surface area contributed by atoms with E-state index in [-0.39, 0.29) is 18.1 Å². The van der Waals surface area contributed by atoms with Crippen molar-refractivity contribution in [1.29, 1.82) is 0 Å². The molecule has 4 heteroatoms. The van der Waals surface area contributed by atoms with Crippen molar-refractivity contribution in [3.63, 3.8) is 0 Å². The molecule has 144 valence electrons. The smallest absolute Gasteiger partial charge is 0.220 e. The summed E-state index contributed by atoms with van der Waals surface area (Å²) in [7, 11) is 0. The predicted octanol–water partition coefficient (Wildman–Crippen LogP) is 4.69. The van der Waals surface area contributed by atoms with Crippen molar-refractivity contribution < 1.29 is 14.3 Å². The number of nitrogens with one attached hydrogen (secondary N) is 1. The van der Waals surface area contributed by atoms with E-state index in [2.05, 4.69) is 5.32 Å². The lowest BCUT2D eigenvalue weighted by Crippen LogP contribution is -2.45. The van der Waals surface area contributed by atoms with Crippen molar-refractivity contribution in [2.75, 3.05) is 0 Å². The van der Waals surface area contributed by atoms with Gasteiger partial charge in [-0.3, -0.25) is 9.59 Å². The van der Waals surface area contributed by atoms with Crippen molar-refractivity contribution in [3.05, 3.63) is 113 Å². The molecule has 3 aromatic rings. The molecule has 4 rings (SSSR count). The molecular weight excluding hydrogens is 362 g/mol. The fourth-order valence-corrected chi connectivity index (χ4v) is 3.67. The number of hydrogen-bond donors (Lipinski definition) is 1. The number of ketones is 1. The van der Waals surface area contributed by atoms with Gasteiger partial charge < -0.3 is 10.1 Å². The Labute approximate surface area is 169 Å². The largest absolute Gasteiger partial charge is 0.462 e. The first kappa shape index (κ1) is 18.7. The van der Waals surface area contributed by atoms with Crippen LogP contribution in [-0.2, 0) is 15.3 Å². The van der Waals surface area contributed by atoms with E-state index >= 15 is 0 Å². The Balaban J connectivity index is 1.84. The highest BCUT2D eigenvalue weighted by atomic mass is 16.5. The van der Waals surface area contributed by atoms with Gasteiger partial charge in [0.2, 0.25) is 11.6 Å². The summed E-state index contributed by atoms with van der Waals surface area (Å²) in [6.07, 6.45) is 0.245. The van der Waals surface area contributed by atoms with Gasteiger partial charge in [0.15, 0.2) is 5.78 Å². The van der Waals surface area contributed by atoms with Gasteiger partial charge in [0.05, 0.1) is 0 Å². The van der Waals surface area contributed by atoms with Gasteiger partial charge in [-0.05, 0) is 0 Å². The topological polar surface area (TPSA) is 55.4 Å². The first-order chi connectivity index (χ1) is 14.1. The number of Topliss-reactive ketones (excluding diaryl/α,β-unsaturated/α-hetero) is 1. The number of ether oxygens (including phenoxy) is 1. The van der Waals surface area contributed by atoms with E-state index in [1.54, 1.807) is 12.1 Å². The van der Waals surface area contributed by atoms with Gasteiger partial charge in [0.1, 0.15) is 5.76 Å². The summed E-state index contributed by atoms with van der Waals surface area (Å²) in [5, 5.41) is 2.95. The lowest BCUT2D eigenvalue weighted by atomic mass is 9.91. The van der Waals surface area contributed by atoms with Gasteiger partial charge in [0, 0.05) is 35.6 Å². The number of carbonyl (C=O) groups is 2. The van der Waals surface area contributed by atoms with Crippen LogP contribution in [0.4, 0.5) is 0 Å². The zero-order chi connectivity index (χ0) is 20.3. The van der Waals surface area contributed by atoms with Crippen LogP contribution in [0, 0.1) is 0 Å². The Hall–Kier alpha value is -3.66. The van der Waals surface area contributed by atoms with E-state index in [9.17, 15) is 9.59 Å². The van der Waals surface area contributed by atoms with Crippen LogP contribution >= 0.6 is 0 Å². The van der Waals surface area contributed by atoms with E-state index in [1.165, 1.54) is 6.92 Å². The Morgan fingerprint density at radius 3 is 1.97 bits per heavy atom. The molecule has 0 spiro atoms. The van der Waals surface area contributed by atoms with E-state index < -0.39 is 5.72 Å². The third kappa shape index (κ3) is 3.69. The second-order valence-corrected chi connectivity index (χ2v) is 7.02. The highest BCUT2D eigenvalue weighted by Gasteiger charge is 2.45. The van der Waals surface area contributed by atoms with Gasteiger partial charge in [-0.2, -0.15) is 0 Å². The quantitative estimate of drug-likeness (QED) is 0.650. The molecule has 0 aromatic heterocycles. The Morgan fingerprint density at radius 2 is 1.38 bits per heavy atom. The summed E-state index contributed by atoms with van der Waals surface area (Å²) in [6.45, 7) is 1.45. The molecule has 0 saturated heterocycles. The van der Waals surface area contributed by atoms with Crippen molar-refractivity contribution in [1.82, 2.24) is 5.32 Å². The van der Waals surface area contributed by atoms with E-state index in [0.29, 0.717) is 16.9 Å². The van der Waals surface area contributed by atoms with Crippen LogP contribution in [0.25, 0.3) is 5.76 Å². The standard InChI is InChI=1S/C25H21NO3/c1-18(27)26-25(21-15-9-4-10-16-21)17-22(23(28)19-11-5-2-6-12-19)24(29-25)20-13-7-3-8-14-20/h2-16H,17H2,1H3,(H,26,27). The molecule has 1 heterocycles. The number of rotatable bonds is 5. The molecular formula is C25H21NO3. The Kier molecular flexibility index (Phi) is 5.00. The van der Waals surface area contributed by atoms with Crippen LogP contribution in [0.5, 0.6) is 0 Å². The zero-order valence-electron chi connectivity index (χ0n) is 16.1. The molecule has 0 saturated carbocycles. The molecule has 3 aromatic carbocycles. The SMILES string of the molecule is CC(=O)NC1(c2ccccc2)CC(C(=O)c2ccccc2)=C(c2ccccc2)O1. The molecule has 1 unspecified atom stereocenters. The molecule has 1 N–H and O–H groups in total. The minimum absolute atomic E-state index is 0.104. The van der Waals surface area contributed by atoms with Crippen molar-refractivity contribution in [2.45, 2.75) is 19.1 Å². The maximum absolute atomic E-state index is 13.4. The summed E-state index contributed by atoms with van der Waals surface area (Å²) < 4.78 is 6.41. The third-order valence-corrected chi connectivity index (χ3v) is 4.94. The molecule has 0 fully saturated rings. The van der Waals surface area contributed by atoms with Crippen LogP contribution in [-0.4, -0.2) is 11.7 Å². The average molecular weight is 383 g/mol. The molecule has 1 aliphatic heterocycles. The lowest BCUT2D eigenvalue weighted by molar-refractivity contribution is -0.126. The predicted molar refractivity (Wildman–Crippen MR) is 112 cm³/mol. The molecule has 1 atom stereocenters. The van der Waals surface area contributed by atoms with Gasteiger partial charge in [-0.25, -0.2) is 0 Å². The van der Waals surface area contributed by atoms with E-state index in [0.717, 1.165) is 11.1 Å². The fourth-order valence-electron chi connectivity index (χ4n) is 3.67. The van der Waals surface area contributed by atoms with Crippen molar-refractivity contribution in [3.8, 4) is 0 Å². The monoisotopic (exact) mass is 383 g/mol. The normalized spacial score (nSPS) is 18.2. The van der Waals surface area contributed by atoms with E-state index in [1.807, 2.05) is 78.9 Å². The van der Waals surface area contributed by atoms with Gasteiger partial charge in [0.25, 0.3) is 0 Å². The third-order valence-electron chi connectivity index (χ3n) is 4.94. The minimum Gasteiger partial charge on any atom is -0.462 e. The van der Waals surface area contributed by atoms with Crippen LogP contribution in [0.3, 0.4) is 0 Å². The molecule has 0 radical (unpaired) electrons. The summed E-state index contributed by atoms with van der Waals surface area (Å²) in [5.74, 6) is 0.166. The van der Waals surface area contributed by atoms with Gasteiger partial charge in [-0.1, -0.05) is 91.0 Å². The summed E-state index contributed by atoms with van der Waals surface area (Å²) in [4.78, 5) is 25.5. The van der Waals surface area contributed by atoms with Gasteiger partial charge in [-0.15, -0.1) is 0 Å². The maximum atomic E-state index is 13.4. The van der Waals surface area contributed by atoms with Crippen molar-refractivity contribution in [2.24, 2.45) is 0 Å². The molecule has 1 amide bonds. The molecule has 29 heavy (non-hydrogen) atoms. The fraction of sp³-hybridized carbons (Fsp3) is 0.120. The first-order valence-corrected chi connectivity index (χ1v) is 9.51. The van der Waals surface area contributed by atoms with Gasteiger partial charge >= 0.3 is 0 Å². The minimum atomic E-state index is -1.13. The average Bonchev–Trinajstić information content (AvgIpc) is 3.15. The highest BCUT2D eigenvalue weighted by Crippen LogP contribution is 2.44. The lowest BCUT2D eigenvalue weighted by Gasteiger charge is -2.31. The van der Waals surface area contributed by atoms with Crippen LogP contribution < -0.4 is 5.32 Å². The number of hydrogen-bond acceptors (Lipinski definition) is 3. The molecule has 4 nitrogen and oxygen atoms in total. The van der Waals surface area contributed by atoms with E-state index in [4.69, 9.17) is 4.74 Å². The molecule has 0 aliphatic carbocycles. The Bertz CT molecular complexity index is 1060. The summed E-state index contributed by atoms with van der Waals surface area (Å²) in [6, 6.07) is 28.1. The molecule has 1 aliphatic rings. The van der Waals surface area contributed by atoms with Crippen LogP contribution in [0.15, 0.2) is 96.6 Å². The number of benzene rings is 3. The Morgan fingerprint density at radius 1 is 0.828 bits per heavy atom. The van der Waals surface area contributed by atoms with Crippen LogP contribution in [0.2, 0.25) is 0 Å². The number of amides is 1. The summed E-state index contributed by atoms with van der Waals surface area (Å²) in [5.41, 5.74) is 1.60. The molecule has 0 bridgehead atoms. The van der Waals surface area contributed by atoms with Crippen LogP contribution in [0.1, 0.15) is 34.8 Å².